The molecule has 0 saturated carbocycles. The molecule has 10 nitrogen and oxygen atoms in total. The number of hydrogen-bond acceptors (Lipinski definition) is 8. The van der Waals surface area contributed by atoms with E-state index in [4.69, 9.17) is 14.6 Å². The van der Waals surface area contributed by atoms with Crippen molar-refractivity contribution in [2.45, 2.75) is 39.3 Å². The van der Waals surface area contributed by atoms with Gasteiger partial charge in [0.15, 0.2) is 6.61 Å². The molecule has 0 amide bonds. The molecule has 0 radical (unpaired) electrons. The van der Waals surface area contributed by atoms with Crippen molar-refractivity contribution in [3.05, 3.63) is 56.9 Å². The molecule has 0 bridgehead atoms. The molecular formula is C22H27N3O7. The van der Waals surface area contributed by atoms with Gasteiger partial charge in [-0.1, -0.05) is 0 Å². The summed E-state index contributed by atoms with van der Waals surface area (Å²) in [6.07, 6.45) is 2.13. The Morgan fingerprint density at radius 2 is 2.09 bits per heavy atom. The number of nitrogens with zero attached hydrogens (tertiary/aromatic N) is 2. The van der Waals surface area contributed by atoms with Crippen LogP contribution in [0.3, 0.4) is 0 Å². The van der Waals surface area contributed by atoms with Crippen LogP contribution in [0.15, 0.2) is 24.3 Å². The number of carbonyl (C=O) groups excluding carboxylic acids is 2. The van der Waals surface area contributed by atoms with E-state index in [1.54, 1.807) is 6.07 Å². The largest absolute Gasteiger partial charge is 0.454 e. The van der Waals surface area contributed by atoms with Crippen molar-refractivity contribution in [1.82, 2.24) is 4.57 Å². The van der Waals surface area contributed by atoms with Crippen LogP contribution in [0.2, 0.25) is 0 Å². The third kappa shape index (κ3) is 5.32. The number of aliphatic hydroxyl groups is 1. The first-order valence-corrected chi connectivity index (χ1v) is 10.4. The number of hydrogen-bond donors (Lipinski definition) is 2. The van der Waals surface area contributed by atoms with E-state index < -0.39 is 17.5 Å². The number of aromatic nitrogens is 1. The number of nitro groups is 1. The highest BCUT2D eigenvalue weighted by molar-refractivity contribution is 6.02. The topological polar surface area (TPSA) is 133 Å². The second kappa shape index (κ2) is 10.4. The van der Waals surface area contributed by atoms with Gasteiger partial charge in [-0.2, -0.15) is 0 Å². The minimum Gasteiger partial charge on any atom is -0.454 e. The molecule has 1 aromatic heterocycles. The van der Waals surface area contributed by atoms with Crippen molar-refractivity contribution in [2.24, 2.45) is 0 Å². The maximum Gasteiger partial charge on any atom is 0.340 e. The van der Waals surface area contributed by atoms with Crippen molar-refractivity contribution >= 4 is 23.1 Å². The lowest BCUT2D eigenvalue weighted by molar-refractivity contribution is -0.384. The van der Waals surface area contributed by atoms with E-state index in [1.165, 1.54) is 12.1 Å². The van der Waals surface area contributed by atoms with Gasteiger partial charge in [0, 0.05) is 54.5 Å². The second-order valence-electron chi connectivity index (χ2n) is 7.67. The molecule has 1 aliphatic heterocycles. The molecule has 1 atom stereocenters. The average molecular weight is 445 g/mol. The lowest BCUT2D eigenvalue weighted by Crippen LogP contribution is -2.19. The maximum atomic E-state index is 12.8. The Labute approximate surface area is 185 Å². The number of nitro benzene ring substituents is 1. The third-order valence-electron chi connectivity index (χ3n) is 5.48. The number of aryl methyl sites for hydroxylation is 1. The van der Waals surface area contributed by atoms with Crippen molar-refractivity contribution in [1.29, 1.82) is 0 Å². The molecule has 0 spiro atoms. The maximum absolute atomic E-state index is 12.8. The summed E-state index contributed by atoms with van der Waals surface area (Å²) in [5.41, 5.74) is 2.07. The van der Waals surface area contributed by atoms with Gasteiger partial charge in [0.25, 0.3) is 5.69 Å². The molecule has 32 heavy (non-hydrogen) atoms. The van der Waals surface area contributed by atoms with E-state index in [2.05, 4.69) is 5.32 Å². The minimum absolute atomic E-state index is 0.0793. The highest BCUT2D eigenvalue weighted by atomic mass is 16.6. The zero-order valence-electron chi connectivity index (χ0n) is 18.1. The summed E-state index contributed by atoms with van der Waals surface area (Å²) in [6, 6.07) is 5.46. The van der Waals surface area contributed by atoms with E-state index in [0.29, 0.717) is 12.1 Å². The van der Waals surface area contributed by atoms with Crippen molar-refractivity contribution in [2.75, 3.05) is 31.7 Å². The number of anilines is 1. The Morgan fingerprint density at radius 1 is 1.31 bits per heavy atom. The summed E-state index contributed by atoms with van der Waals surface area (Å²) in [5, 5.41) is 22.9. The first-order valence-electron chi connectivity index (χ1n) is 10.4. The molecule has 0 aliphatic carbocycles. The van der Waals surface area contributed by atoms with Crippen LogP contribution in [0.25, 0.3) is 0 Å². The summed E-state index contributed by atoms with van der Waals surface area (Å²) in [5.74, 6) is -1.23. The van der Waals surface area contributed by atoms with Gasteiger partial charge in [-0.3, -0.25) is 14.9 Å². The molecule has 1 fully saturated rings. The van der Waals surface area contributed by atoms with Crippen LogP contribution >= 0.6 is 0 Å². The Bertz CT molecular complexity index is 1010. The highest BCUT2D eigenvalue weighted by Gasteiger charge is 2.23. The van der Waals surface area contributed by atoms with E-state index in [1.807, 2.05) is 18.4 Å². The summed E-state index contributed by atoms with van der Waals surface area (Å²) in [6.45, 7) is 4.63. The predicted molar refractivity (Wildman–Crippen MR) is 116 cm³/mol. The van der Waals surface area contributed by atoms with Crippen LogP contribution in [-0.2, 0) is 16.0 Å². The molecule has 2 aromatic rings. The number of rotatable bonds is 10. The van der Waals surface area contributed by atoms with Crippen LogP contribution in [0, 0.1) is 24.0 Å². The van der Waals surface area contributed by atoms with E-state index in [-0.39, 0.29) is 42.0 Å². The zero-order chi connectivity index (χ0) is 23.3. The summed E-state index contributed by atoms with van der Waals surface area (Å²) < 4.78 is 12.9. The number of nitrogens with one attached hydrogen (secondary N) is 1. The molecule has 2 N–H and O–H groups in total. The number of ether oxygens (including phenoxy) is 2. The van der Waals surface area contributed by atoms with Gasteiger partial charge in [0.2, 0.25) is 5.78 Å². The fraction of sp³-hybridized carbons (Fsp3) is 0.455. The standard InChI is InChI=1S/C22H27N3O7/c1-14-10-18(15(2)24(14)12-17-4-3-9-31-17)21(27)13-32-22(28)19-11-16(25(29)30)5-6-20(19)23-7-8-26/h5-6,10-11,17,23,26H,3-4,7-9,12-13H2,1-2H3. The average Bonchev–Trinajstić information content (AvgIpc) is 3.39. The molecule has 1 aliphatic rings. The summed E-state index contributed by atoms with van der Waals surface area (Å²) in [7, 11) is 0. The number of benzene rings is 1. The van der Waals surface area contributed by atoms with Gasteiger partial charge < -0.3 is 24.5 Å². The lowest BCUT2D eigenvalue weighted by Gasteiger charge is -2.15. The molecule has 1 unspecified atom stereocenters. The van der Waals surface area contributed by atoms with E-state index >= 15 is 0 Å². The van der Waals surface area contributed by atoms with Gasteiger partial charge >= 0.3 is 5.97 Å². The van der Waals surface area contributed by atoms with Gasteiger partial charge in [-0.25, -0.2) is 4.79 Å². The Hall–Kier alpha value is -3.24. The quantitative estimate of drug-likeness (QED) is 0.247. The van der Waals surface area contributed by atoms with Crippen molar-refractivity contribution in [3.8, 4) is 0 Å². The molecule has 1 saturated heterocycles. The lowest BCUT2D eigenvalue weighted by atomic mass is 10.1. The van der Waals surface area contributed by atoms with Gasteiger partial charge in [0.1, 0.15) is 0 Å². The number of Topliss-reactive ketones (excluding diaryl/α,β-unsaturated/α-hetero) is 1. The molecule has 10 heteroatoms. The number of carbonyl (C=O) groups is 2. The SMILES string of the molecule is Cc1cc(C(=O)COC(=O)c2cc([N+](=O)[O-])ccc2NCCO)c(C)n1CC1CCCO1. The first kappa shape index (κ1) is 23.4. The number of non-ortho nitro benzene ring substituents is 1. The Kier molecular flexibility index (Phi) is 7.60. The van der Waals surface area contributed by atoms with Gasteiger partial charge in [0.05, 0.1) is 23.2 Å². The Balaban J connectivity index is 1.71. The van der Waals surface area contributed by atoms with Crippen LogP contribution in [0.4, 0.5) is 11.4 Å². The molecule has 172 valence electrons. The first-order chi connectivity index (χ1) is 15.3. The van der Waals surface area contributed by atoms with Crippen molar-refractivity contribution < 1.29 is 29.1 Å². The summed E-state index contributed by atoms with van der Waals surface area (Å²) >= 11 is 0. The smallest absolute Gasteiger partial charge is 0.340 e. The summed E-state index contributed by atoms with van der Waals surface area (Å²) in [4.78, 5) is 35.8. The minimum atomic E-state index is -0.865. The third-order valence-corrected chi connectivity index (χ3v) is 5.48. The molecule has 3 rings (SSSR count). The second-order valence-corrected chi connectivity index (χ2v) is 7.67. The Morgan fingerprint density at radius 3 is 2.75 bits per heavy atom. The van der Waals surface area contributed by atoms with Crippen LogP contribution in [-0.4, -0.2) is 58.8 Å². The number of aliphatic hydroxyl groups excluding tert-OH is 1. The fourth-order valence-corrected chi connectivity index (χ4v) is 3.80. The monoisotopic (exact) mass is 445 g/mol. The fourth-order valence-electron chi connectivity index (χ4n) is 3.80. The van der Waals surface area contributed by atoms with Gasteiger partial charge in [-0.15, -0.1) is 0 Å². The van der Waals surface area contributed by atoms with Gasteiger partial charge in [-0.05, 0) is 38.8 Å². The predicted octanol–water partition coefficient (Wildman–Crippen LogP) is 2.64. The van der Waals surface area contributed by atoms with Crippen molar-refractivity contribution in [3.63, 3.8) is 0 Å². The number of ketones is 1. The highest BCUT2D eigenvalue weighted by Crippen LogP contribution is 2.24. The van der Waals surface area contributed by atoms with Crippen LogP contribution < -0.4 is 5.32 Å². The number of esters is 1. The van der Waals surface area contributed by atoms with E-state index in [0.717, 1.165) is 36.9 Å². The molecular weight excluding hydrogens is 418 g/mol. The normalized spacial score (nSPS) is 15.5. The molecule has 2 heterocycles. The van der Waals surface area contributed by atoms with Crippen LogP contribution in [0.1, 0.15) is 44.9 Å². The zero-order valence-corrected chi connectivity index (χ0v) is 18.1. The van der Waals surface area contributed by atoms with Crippen LogP contribution in [0.5, 0.6) is 0 Å². The molecule has 1 aromatic carbocycles. The van der Waals surface area contributed by atoms with E-state index in [9.17, 15) is 19.7 Å².